The number of aryl methyl sites for hydroxylation is 1. The summed E-state index contributed by atoms with van der Waals surface area (Å²) in [5, 5.41) is 13.6. The van der Waals surface area contributed by atoms with E-state index in [0.29, 0.717) is 19.2 Å². The Morgan fingerprint density at radius 3 is 2.86 bits per heavy atom. The van der Waals surface area contributed by atoms with Gasteiger partial charge in [-0.15, -0.1) is 0 Å². The molecular weight excluding hydrogens is 274 g/mol. The Kier molecular flexibility index (Phi) is 5.04. The number of benzene rings is 1. The van der Waals surface area contributed by atoms with Crippen LogP contribution in [0.1, 0.15) is 38.2 Å². The van der Waals surface area contributed by atoms with Gasteiger partial charge in [0, 0.05) is 12.6 Å². The predicted octanol–water partition coefficient (Wildman–Crippen LogP) is 3.15. The van der Waals surface area contributed by atoms with E-state index in [1.807, 2.05) is 31.2 Å². The molecular formula is C19H29NO2. The molecule has 2 fully saturated rings. The number of fused-ring (bicyclic) bond motifs is 2. The molecule has 3 heteroatoms. The average Bonchev–Trinajstić information content (AvgIpc) is 3.13. The first-order valence-electron chi connectivity index (χ1n) is 8.72. The molecule has 3 nitrogen and oxygen atoms in total. The largest absolute Gasteiger partial charge is 0.491 e. The molecule has 0 aliphatic heterocycles. The molecule has 22 heavy (non-hydrogen) atoms. The van der Waals surface area contributed by atoms with Gasteiger partial charge in [-0.3, -0.25) is 0 Å². The lowest BCUT2D eigenvalue weighted by molar-refractivity contribution is 0.0993. The van der Waals surface area contributed by atoms with Crippen molar-refractivity contribution >= 4 is 0 Å². The topological polar surface area (TPSA) is 41.5 Å². The third kappa shape index (κ3) is 3.82. The van der Waals surface area contributed by atoms with Crippen LogP contribution in [0.4, 0.5) is 0 Å². The normalized spacial score (nSPS) is 29.5. The van der Waals surface area contributed by atoms with E-state index in [2.05, 4.69) is 12.2 Å². The number of hydrogen-bond donors (Lipinski definition) is 2. The van der Waals surface area contributed by atoms with Crippen molar-refractivity contribution in [3.05, 3.63) is 29.8 Å². The Balaban J connectivity index is 1.38. The van der Waals surface area contributed by atoms with Gasteiger partial charge in [0.05, 0.1) is 0 Å². The van der Waals surface area contributed by atoms with Crippen molar-refractivity contribution in [1.29, 1.82) is 0 Å². The second-order valence-corrected chi connectivity index (χ2v) is 7.32. The zero-order valence-electron chi connectivity index (χ0n) is 13.8. The first-order chi connectivity index (χ1) is 10.6. The lowest BCUT2D eigenvalue weighted by Gasteiger charge is -2.29. The second kappa shape index (κ2) is 7.01. The Bertz CT molecular complexity index is 490. The monoisotopic (exact) mass is 303 g/mol. The van der Waals surface area contributed by atoms with Crippen molar-refractivity contribution in [2.45, 2.75) is 51.7 Å². The summed E-state index contributed by atoms with van der Waals surface area (Å²) in [4.78, 5) is 0. The minimum Gasteiger partial charge on any atom is -0.491 e. The smallest absolute Gasteiger partial charge is 0.119 e. The Labute approximate surface area is 134 Å². The molecule has 122 valence electrons. The molecule has 2 aliphatic rings. The molecule has 2 N–H and O–H groups in total. The van der Waals surface area contributed by atoms with Gasteiger partial charge in [0.25, 0.3) is 0 Å². The minimum atomic E-state index is -0.457. The van der Waals surface area contributed by atoms with E-state index in [4.69, 9.17) is 4.74 Å². The van der Waals surface area contributed by atoms with Crippen LogP contribution in [-0.2, 0) is 0 Å². The van der Waals surface area contributed by atoms with Gasteiger partial charge in [-0.1, -0.05) is 18.6 Å². The molecule has 0 amide bonds. The maximum Gasteiger partial charge on any atom is 0.119 e. The van der Waals surface area contributed by atoms with Crippen molar-refractivity contribution in [3.8, 4) is 5.75 Å². The van der Waals surface area contributed by atoms with Crippen LogP contribution in [0.3, 0.4) is 0 Å². The fraction of sp³-hybridized carbons (Fsp3) is 0.684. The molecule has 1 aromatic carbocycles. The quantitative estimate of drug-likeness (QED) is 0.813. The standard InChI is InChI=1S/C19H29NO2/c1-13-4-3-5-18(8-13)22-12-17(21)11-20-14(2)19-10-15-6-7-16(19)9-15/h3-5,8,14-17,19-21H,6-7,9-12H2,1-2H3/t14-,15+,16+,17-,19+/m1/s1. The van der Waals surface area contributed by atoms with Crippen molar-refractivity contribution in [2.24, 2.45) is 17.8 Å². The highest BCUT2D eigenvalue weighted by Crippen LogP contribution is 2.49. The van der Waals surface area contributed by atoms with E-state index in [1.165, 1.54) is 31.2 Å². The van der Waals surface area contributed by atoms with E-state index in [0.717, 1.165) is 23.5 Å². The van der Waals surface area contributed by atoms with Gasteiger partial charge in [0.15, 0.2) is 0 Å². The van der Waals surface area contributed by atoms with Crippen molar-refractivity contribution in [2.75, 3.05) is 13.2 Å². The van der Waals surface area contributed by atoms with E-state index in [9.17, 15) is 5.11 Å². The van der Waals surface area contributed by atoms with Crippen LogP contribution >= 0.6 is 0 Å². The van der Waals surface area contributed by atoms with Crippen LogP contribution in [-0.4, -0.2) is 30.4 Å². The number of rotatable bonds is 7. The average molecular weight is 303 g/mol. The molecule has 2 saturated carbocycles. The summed E-state index contributed by atoms with van der Waals surface area (Å²) < 4.78 is 5.67. The number of hydrogen-bond acceptors (Lipinski definition) is 3. The summed E-state index contributed by atoms with van der Waals surface area (Å²) in [7, 11) is 0. The first kappa shape index (κ1) is 15.8. The molecule has 2 bridgehead atoms. The molecule has 0 heterocycles. The second-order valence-electron chi connectivity index (χ2n) is 7.32. The van der Waals surface area contributed by atoms with Gasteiger partial charge in [0.1, 0.15) is 18.5 Å². The summed E-state index contributed by atoms with van der Waals surface area (Å²) in [5.41, 5.74) is 1.18. The van der Waals surface area contributed by atoms with E-state index in [-0.39, 0.29) is 0 Å². The molecule has 0 unspecified atom stereocenters. The first-order valence-corrected chi connectivity index (χ1v) is 8.72. The fourth-order valence-corrected chi connectivity index (χ4v) is 4.34. The van der Waals surface area contributed by atoms with Crippen LogP contribution in [0.15, 0.2) is 24.3 Å². The molecule has 5 atom stereocenters. The highest BCUT2D eigenvalue weighted by atomic mass is 16.5. The lowest BCUT2D eigenvalue weighted by atomic mass is 9.84. The minimum absolute atomic E-state index is 0.347. The summed E-state index contributed by atoms with van der Waals surface area (Å²) in [6.07, 6.45) is 5.23. The Hall–Kier alpha value is -1.06. The molecule has 0 aromatic heterocycles. The molecule has 2 aliphatic carbocycles. The lowest BCUT2D eigenvalue weighted by Crippen LogP contribution is -2.41. The summed E-state index contributed by atoms with van der Waals surface area (Å²) in [6.45, 7) is 5.28. The molecule has 0 saturated heterocycles. The molecule has 1 aromatic rings. The zero-order valence-corrected chi connectivity index (χ0v) is 13.8. The Morgan fingerprint density at radius 2 is 2.18 bits per heavy atom. The summed E-state index contributed by atoms with van der Waals surface area (Å²) in [6, 6.07) is 8.46. The van der Waals surface area contributed by atoms with E-state index < -0.39 is 6.10 Å². The number of ether oxygens (including phenoxy) is 1. The molecule has 0 spiro atoms. The zero-order chi connectivity index (χ0) is 15.5. The summed E-state index contributed by atoms with van der Waals surface area (Å²) in [5.74, 6) is 3.55. The third-order valence-electron chi connectivity index (χ3n) is 5.54. The van der Waals surface area contributed by atoms with Gasteiger partial charge in [-0.25, -0.2) is 0 Å². The third-order valence-corrected chi connectivity index (χ3v) is 5.54. The maximum atomic E-state index is 10.1. The van der Waals surface area contributed by atoms with Crippen molar-refractivity contribution in [3.63, 3.8) is 0 Å². The van der Waals surface area contributed by atoms with E-state index >= 15 is 0 Å². The number of aliphatic hydroxyl groups is 1. The number of aliphatic hydroxyl groups excluding tert-OH is 1. The van der Waals surface area contributed by atoms with Crippen molar-refractivity contribution < 1.29 is 9.84 Å². The molecule has 0 radical (unpaired) electrons. The highest BCUT2D eigenvalue weighted by Gasteiger charge is 2.41. The SMILES string of the molecule is Cc1cccc(OC[C@H](O)CN[C@H](C)[C@@H]2C[C@H]3CC[C@H]2C3)c1. The van der Waals surface area contributed by atoms with Gasteiger partial charge in [0.2, 0.25) is 0 Å². The van der Waals surface area contributed by atoms with Crippen molar-refractivity contribution in [1.82, 2.24) is 5.32 Å². The predicted molar refractivity (Wildman–Crippen MR) is 89.1 cm³/mol. The Morgan fingerprint density at radius 1 is 1.32 bits per heavy atom. The highest BCUT2D eigenvalue weighted by molar-refractivity contribution is 5.27. The molecule has 3 rings (SSSR count). The van der Waals surface area contributed by atoms with Crippen LogP contribution in [0.2, 0.25) is 0 Å². The maximum absolute atomic E-state index is 10.1. The van der Waals surface area contributed by atoms with Crippen LogP contribution < -0.4 is 10.1 Å². The fourth-order valence-electron chi connectivity index (χ4n) is 4.34. The number of nitrogens with one attached hydrogen (secondary N) is 1. The van der Waals surface area contributed by atoms with E-state index in [1.54, 1.807) is 0 Å². The summed E-state index contributed by atoms with van der Waals surface area (Å²) >= 11 is 0. The van der Waals surface area contributed by atoms with Crippen LogP contribution in [0, 0.1) is 24.7 Å². The van der Waals surface area contributed by atoms with Gasteiger partial charge in [-0.05, 0) is 68.6 Å². The van der Waals surface area contributed by atoms with Crippen LogP contribution in [0.5, 0.6) is 5.75 Å². The van der Waals surface area contributed by atoms with Gasteiger partial charge < -0.3 is 15.2 Å². The van der Waals surface area contributed by atoms with Gasteiger partial charge in [-0.2, -0.15) is 0 Å². The van der Waals surface area contributed by atoms with Crippen LogP contribution in [0.25, 0.3) is 0 Å². The van der Waals surface area contributed by atoms with Gasteiger partial charge >= 0.3 is 0 Å².